The van der Waals surface area contributed by atoms with Gasteiger partial charge in [-0.15, -0.1) is 0 Å². The van der Waals surface area contributed by atoms with Crippen molar-refractivity contribution in [1.82, 2.24) is 0 Å². The van der Waals surface area contributed by atoms with Crippen molar-refractivity contribution < 1.29 is 9.53 Å². The summed E-state index contributed by atoms with van der Waals surface area (Å²) in [6.45, 7) is 0.288. The van der Waals surface area contributed by atoms with Gasteiger partial charge in [0.25, 0.3) is 0 Å². The molecule has 0 aromatic heterocycles. The van der Waals surface area contributed by atoms with Gasteiger partial charge < -0.3 is 15.4 Å². The van der Waals surface area contributed by atoms with Crippen LogP contribution in [0, 0.1) is 11.3 Å². The largest absolute Gasteiger partial charge is 0.380 e. The molecule has 0 aliphatic heterocycles. The van der Waals surface area contributed by atoms with Gasteiger partial charge in [0.2, 0.25) is 5.91 Å². The Labute approximate surface area is 107 Å². The van der Waals surface area contributed by atoms with E-state index in [-0.39, 0.29) is 25.0 Å². The molecule has 18 heavy (non-hydrogen) atoms. The number of nitrogens with two attached hydrogens (primary N) is 1. The summed E-state index contributed by atoms with van der Waals surface area (Å²) < 4.78 is 5.08. The lowest BCUT2D eigenvalue weighted by molar-refractivity contribution is -0.120. The van der Waals surface area contributed by atoms with Crippen LogP contribution in [0.3, 0.4) is 0 Å². The molecule has 2 N–H and O–H groups in total. The lowest BCUT2D eigenvalue weighted by Gasteiger charge is -2.21. The van der Waals surface area contributed by atoms with Crippen molar-refractivity contribution in [3.05, 3.63) is 29.8 Å². The number of amides is 1. The van der Waals surface area contributed by atoms with E-state index in [4.69, 9.17) is 15.7 Å². The minimum atomic E-state index is -0.297. The highest BCUT2D eigenvalue weighted by Crippen LogP contribution is 2.19. The third kappa shape index (κ3) is 3.29. The molecule has 0 aliphatic rings. The molecule has 96 valence electrons. The highest BCUT2D eigenvalue weighted by atomic mass is 16.5. The normalized spacial score (nSPS) is 11.7. The average Bonchev–Trinajstić information content (AvgIpc) is 2.43. The second-order valence-corrected chi connectivity index (χ2v) is 3.88. The summed E-state index contributed by atoms with van der Waals surface area (Å²) >= 11 is 0. The lowest BCUT2D eigenvalue weighted by Crippen LogP contribution is -2.34. The fourth-order valence-electron chi connectivity index (χ4n) is 1.59. The number of ether oxygens (including phenoxy) is 1. The van der Waals surface area contributed by atoms with Crippen molar-refractivity contribution in [1.29, 1.82) is 5.26 Å². The number of nitriles is 1. The van der Waals surface area contributed by atoms with Crippen molar-refractivity contribution >= 4 is 11.6 Å². The Kier molecular flexibility index (Phi) is 5.31. The zero-order valence-corrected chi connectivity index (χ0v) is 10.6. The SMILES string of the molecule is COC(CN)CC(=O)N(C)c1ccccc1C#N. The molecule has 1 aromatic rings. The Morgan fingerprint density at radius 2 is 2.22 bits per heavy atom. The van der Waals surface area contributed by atoms with E-state index in [2.05, 4.69) is 6.07 Å². The molecule has 0 aliphatic carbocycles. The van der Waals surface area contributed by atoms with Crippen LogP contribution < -0.4 is 10.6 Å². The molecule has 1 unspecified atom stereocenters. The smallest absolute Gasteiger partial charge is 0.229 e. The van der Waals surface area contributed by atoms with Crippen LogP contribution >= 0.6 is 0 Å². The fraction of sp³-hybridized carbons (Fsp3) is 0.385. The van der Waals surface area contributed by atoms with E-state index in [1.807, 2.05) is 0 Å². The van der Waals surface area contributed by atoms with Gasteiger partial charge in [-0.25, -0.2) is 0 Å². The number of methoxy groups -OCH3 is 1. The Hall–Kier alpha value is -1.90. The van der Waals surface area contributed by atoms with E-state index in [0.29, 0.717) is 11.3 Å². The standard InChI is InChI=1S/C13H17N3O2/c1-16(13(17)7-11(9-15)18-2)12-6-4-3-5-10(12)8-14/h3-6,11H,7,9,15H2,1-2H3. The van der Waals surface area contributed by atoms with Crippen LogP contribution in [0.4, 0.5) is 5.69 Å². The van der Waals surface area contributed by atoms with Crippen molar-refractivity contribution in [2.45, 2.75) is 12.5 Å². The van der Waals surface area contributed by atoms with Crippen molar-refractivity contribution in [3.8, 4) is 6.07 Å². The summed E-state index contributed by atoms with van der Waals surface area (Å²) in [6, 6.07) is 9.03. The molecule has 5 nitrogen and oxygen atoms in total. The number of anilines is 1. The number of carbonyl (C=O) groups excluding carboxylic acids is 1. The quantitative estimate of drug-likeness (QED) is 0.837. The second kappa shape index (κ2) is 6.74. The van der Waals surface area contributed by atoms with Gasteiger partial charge in [0.15, 0.2) is 0 Å². The zero-order chi connectivity index (χ0) is 13.5. The van der Waals surface area contributed by atoms with Gasteiger partial charge in [0.1, 0.15) is 6.07 Å². The van der Waals surface area contributed by atoms with Crippen molar-refractivity contribution in [2.24, 2.45) is 5.73 Å². The van der Waals surface area contributed by atoms with E-state index in [9.17, 15) is 4.79 Å². The molecule has 0 bridgehead atoms. The van der Waals surface area contributed by atoms with Gasteiger partial charge in [-0.3, -0.25) is 4.79 Å². The van der Waals surface area contributed by atoms with E-state index in [1.54, 1.807) is 31.3 Å². The predicted molar refractivity (Wildman–Crippen MR) is 69.0 cm³/mol. The molecule has 0 heterocycles. The van der Waals surface area contributed by atoms with Crippen LogP contribution in [0.2, 0.25) is 0 Å². The Morgan fingerprint density at radius 3 is 2.78 bits per heavy atom. The van der Waals surface area contributed by atoms with E-state index in [0.717, 1.165) is 0 Å². The molecule has 1 rings (SSSR count). The summed E-state index contributed by atoms with van der Waals surface area (Å²) in [5.74, 6) is -0.130. The summed E-state index contributed by atoms with van der Waals surface area (Å²) in [6.07, 6.45) is -0.0994. The van der Waals surface area contributed by atoms with E-state index in [1.165, 1.54) is 12.0 Å². The summed E-state index contributed by atoms with van der Waals surface area (Å²) in [5.41, 5.74) is 6.54. The van der Waals surface area contributed by atoms with Crippen LogP contribution in [0.5, 0.6) is 0 Å². The maximum Gasteiger partial charge on any atom is 0.229 e. The fourth-order valence-corrected chi connectivity index (χ4v) is 1.59. The summed E-state index contributed by atoms with van der Waals surface area (Å²) in [4.78, 5) is 13.5. The number of rotatable bonds is 5. The van der Waals surface area contributed by atoms with Gasteiger partial charge in [-0.1, -0.05) is 12.1 Å². The molecule has 0 saturated carbocycles. The second-order valence-electron chi connectivity index (χ2n) is 3.88. The number of hydrogen-bond donors (Lipinski definition) is 1. The Bertz CT molecular complexity index is 450. The van der Waals surface area contributed by atoms with Crippen LogP contribution in [0.1, 0.15) is 12.0 Å². The van der Waals surface area contributed by atoms with Crippen LogP contribution in [0.25, 0.3) is 0 Å². The van der Waals surface area contributed by atoms with Gasteiger partial charge >= 0.3 is 0 Å². The first-order chi connectivity index (χ1) is 8.63. The predicted octanol–water partition coefficient (Wildman–Crippen LogP) is 0.885. The van der Waals surface area contributed by atoms with Gasteiger partial charge in [0.05, 0.1) is 23.8 Å². The number of carbonyl (C=O) groups is 1. The summed E-state index contributed by atoms with van der Waals surface area (Å²) in [7, 11) is 3.16. The molecule has 0 spiro atoms. The van der Waals surface area contributed by atoms with Crippen LogP contribution in [0.15, 0.2) is 24.3 Å². The molecule has 1 amide bonds. The average molecular weight is 247 g/mol. The minimum Gasteiger partial charge on any atom is -0.380 e. The molecule has 0 radical (unpaired) electrons. The number of benzene rings is 1. The first-order valence-corrected chi connectivity index (χ1v) is 5.62. The Morgan fingerprint density at radius 1 is 1.56 bits per heavy atom. The van der Waals surface area contributed by atoms with Crippen LogP contribution in [-0.4, -0.2) is 32.7 Å². The van der Waals surface area contributed by atoms with Gasteiger partial charge in [0, 0.05) is 20.7 Å². The molecule has 0 fully saturated rings. The highest BCUT2D eigenvalue weighted by molar-refractivity contribution is 5.94. The minimum absolute atomic E-state index is 0.130. The van der Waals surface area contributed by atoms with Crippen molar-refractivity contribution in [2.75, 3.05) is 25.6 Å². The monoisotopic (exact) mass is 247 g/mol. The lowest BCUT2D eigenvalue weighted by atomic mass is 10.1. The van der Waals surface area contributed by atoms with Gasteiger partial charge in [-0.2, -0.15) is 5.26 Å². The summed E-state index contributed by atoms with van der Waals surface area (Å²) in [5, 5.41) is 8.99. The number of nitrogens with zero attached hydrogens (tertiary/aromatic N) is 2. The molecule has 0 saturated heterocycles. The van der Waals surface area contributed by atoms with E-state index >= 15 is 0 Å². The highest BCUT2D eigenvalue weighted by Gasteiger charge is 2.18. The zero-order valence-electron chi connectivity index (χ0n) is 10.6. The third-order valence-corrected chi connectivity index (χ3v) is 2.76. The number of para-hydroxylation sites is 1. The third-order valence-electron chi connectivity index (χ3n) is 2.76. The number of hydrogen-bond acceptors (Lipinski definition) is 4. The Balaban J connectivity index is 2.84. The first kappa shape index (κ1) is 14.2. The maximum absolute atomic E-state index is 12.0. The van der Waals surface area contributed by atoms with Gasteiger partial charge in [-0.05, 0) is 12.1 Å². The van der Waals surface area contributed by atoms with Crippen molar-refractivity contribution in [3.63, 3.8) is 0 Å². The first-order valence-electron chi connectivity index (χ1n) is 5.62. The molecular formula is C13H17N3O2. The molecule has 1 atom stereocenters. The van der Waals surface area contributed by atoms with E-state index < -0.39 is 0 Å². The molecule has 1 aromatic carbocycles. The maximum atomic E-state index is 12.0. The topological polar surface area (TPSA) is 79.3 Å². The molecular weight excluding hydrogens is 230 g/mol. The molecule has 5 heteroatoms. The van der Waals surface area contributed by atoms with Crippen LogP contribution in [-0.2, 0) is 9.53 Å².